The van der Waals surface area contributed by atoms with E-state index in [0.717, 1.165) is 11.1 Å². The third kappa shape index (κ3) is 7.38. The van der Waals surface area contributed by atoms with Crippen LogP contribution in [-0.2, 0) is 0 Å². The third-order valence-corrected chi connectivity index (χ3v) is 3.60. The molecule has 0 fully saturated rings. The number of hydrogen-bond donors (Lipinski definition) is 1. The number of halogens is 3. The van der Waals surface area contributed by atoms with Gasteiger partial charge in [0.2, 0.25) is 0 Å². The number of aryl methyl sites for hydroxylation is 2. The molecule has 0 unspecified atom stereocenters. The van der Waals surface area contributed by atoms with Crippen LogP contribution in [0.15, 0.2) is 54.6 Å². The summed E-state index contributed by atoms with van der Waals surface area (Å²) in [4.78, 5) is 0. The molecule has 3 aromatic carbocycles. The zero-order valence-electron chi connectivity index (χ0n) is 16.2. The van der Waals surface area contributed by atoms with Crippen LogP contribution in [0.2, 0.25) is 0 Å². The molecule has 0 aliphatic rings. The fourth-order valence-corrected chi connectivity index (χ4v) is 2.08. The lowest BCUT2D eigenvalue weighted by molar-refractivity contribution is 0.623. The van der Waals surface area contributed by atoms with E-state index < -0.39 is 17.5 Å². The summed E-state index contributed by atoms with van der Waals surface area (Å²) in [5, 5.41) is 25.0. The van der Waals surface area contributed by atoms with E-state index in [1.807, 2.05) is 13.8 Å². The number of anilines is 1. The van der Waals surface area contributed by atoms with Gasteiger partial charge in [0.15, 0.2) is 0 Å². The van der Waals surface area contributed by atoms with Crippen LogP contribution >= 0.6 is 0 Å². The van der Waals surface area contributed by atoms with Gasteiger partial charge in [0.1, 0.15) is 35.7 Å². The average molecular weight is 406 g/mol. The molecule has 0 saturated carbocycles. The minimum atomic E-state index is -0.531. The molecule has 0 heterocycles. The second-order valence-corrected chi connectivity index (χ2v) is 6.04. The normalized spacial score (nSPS) is 8.87. The number of nitrogens with two attached hydrogens (primary N) is 1. The van der Waals surface area contributed by atoms with E-state index in [1.54, 1.807) is 30.3 Å². The van der Waals surface area contributed by atoms with Crippen molar-refractivity contribution < 1.29 is 13.2 Å². The third-order valence-electron chi connectivity index (χ3n) is 3.60. The lowest BCUT2D eigenvalue weighted by Gasteiger charge is -1.93. The van der Waals surface area contributed by atoms with Crippen LogP contribution in [0.3, 0.4) is 0 Å². The van der Waals surface area contributed by atoms with Gasteiger partial charge in [-0.25, -0.2) is 13.2 Å². The second kappa shape index (κ2) is 11.5. The average Bonchev–Trinajstić information content (AvgIpc) is 2.74. The van der Waals surface area contributed by atoms with Crippen LogP contribution in [0, 0.1) is 65.3 Å². The number of benzene rings is 3. The van der Waals surface area contributed by atoms with E-state index >= 15 is 0 Å². The Balaban J connectivity index is 0.000000225. The molecule has 0 radical (unpaired) electrons. The number of nitrogens with zero attached hydrogens (tertiary/aromatic N) is 3. The minimum absolute atomic E-state index is 0.0139. The molecule has 3 aromatic rings. The highest BCUT2D eigenvalue weighted by Gasteiger charge is 2.00. The summed E-state index contributed by atoms with van der Waals surface area (Å²) in [6.45, 7) is 3.64. The van der Waals surface area contributed by atoms with Gasteiger partial charge < -0.3 is 5.73 Å². The van der Waals surface area contributed by atoms with Gasteiger partial charge in [0, 0.05) is 5.69 Å². The van der Waals surface area contributed by atoms with Crippen LogP contribution < -0.4 is 5.73 Å². The van der Waals surface area contributed by atoms with E-state index in [-0.39, 0.29) is 16.7 Å². The number of hydrogen-bond acceptors (Lipinski definition) is 4. The smallest absolute Gasteiger partial charge is 0.141 e. The highest BCUT2D eigenvalue weighted by molar-refractivity contribution is 5.45. The molecule has 7 heteroatoms. The lowest BCUT2D eigenvalue weighted by Crippen LogP contribution is -1.88. The quantitative estimate of drug-likeness (QED) is 0.513. The van der Waals surface area contributed by atoms with Crippen molar-refractivity contribution in [2.24, 2.45) is 0 Å². The maximum atomic E-state index is 12.5. The molecule has 3 rings (SSSR count). The molecule has 2 N–H and O–H groups in total. The molecule has 30 heavy (non-hydrogen) atoms. The van der Waals surface area contributed by atoms with Gasteiger partial charge in [-0.2, -0.15) is 15.8 Å². The molecule has 0 spiro atoms. The summed E-state index contributed by atoms with van der Waals surface area (Å²) in [5.74, 6) is -1.43. The van der Waals surface area contributed by atoms with Crippen molar-refractivity contribution in [3.8, 4) is 18.2 Å². The SMILES string of the molecule is Cc1ccc(F)c(C#N)c1.Cc1ccc(F)c(C#N)c1.N#Cc1cc(N)ccc1F. The van der Waals surface area contributed by atoms with Crippen LogP contribution in [0.5, 0.6) is 0 Å². The maximum absolute atomic E-state index is 12.5. The molecule has 0 amide bonds. The first kappa shape index (κ1) is 23.8. The molecule has 0 aliphatic heterocycles. The van der Waals surface area contributed by atoms with Crippen molar-refractivity contribution in [3.05, 3.63) is 99.9 Å². The Labute approximate surface area is 172 Å². The van der Waals surface area contributed by atoms with Crippen LogP contribution in [0.4, 0.5) is 18.9 Å². The Bertz CT molecular complexity index is 1010. The lowest BCUT2D eigenvalue weighted by atomic mass is 10.1. The fraction of sp³-hybridized carbons (Fsp3) is 0.0870. The first-order valence-corrected chi connectivity index (χ1v) is 8.49. The summed E-state index contributed by atoms with van der Waals surface area (Å²) in [6, 6.07) is 18.0. The van der Waals surface area contributed by atoms with Crippen molar-refractivity contribution in [1.82, 2.24) is 0 Å². The first-order valence-electron chi connectivity index (χ1n) is 8.49. The van der Waals surface area contributed by atoms with E-state index in [4.69, 9.17) is 21.5 Å². The predicted molar refractivity (Wildman–Crippen MR) is 107 cm³/mol. The van der Waals surface area contributed by atoms with Crippen molar-refractivity contribution in [3.63, 3.8) is 0 Å². The van der Waals surface area contributed by atoms with E-state index in [2.05, 4.69) is 0 Å². The van der Waals surface area contributed by atoms with Gasteiger partial charge in [-0.05, 0) is 67.4 Å². The van der Waals surface area contributed by atoms with Crippen molar-refractivity contribution >= 4 is 5.69 Å². The van der Waals surface area contributed by atoms with Gasteiger partial charge in [-0.3, -0.25) is 0 Å². The molecule has 150 valence electrons. The molecular formula is C23H17F3N4. The topological polar surface area (TPSA) is 97.4 Å². The highest BCUT2D eigenvalue weighted by Crippen LogP contribution is 2.10. The Morgan fingerprint density at radius 3 is 1.23 bits per heavy atom. The van der Waals surface area contributed by atoms with E-state index in [0.29, 0.717) is 5.69 Å². The molecule has 0 saturated heterocycles. The Hall–Kier alpha value is -4.28. The van der Waals surface area contributed by atoms with E-state index in [9.17, 15) is 13.2 Å². The molecular weight excluding hydrogens is 389 g/mol. The molecule has 0 atom stereocenters. The summed E-state index contributed by atoms with van der Waals surface area (Å²) in [7, 11) is 0. The zero-order valence-corrected chi connectivity index (χ0v) is 16.2. The summed E-state index contributed by atoms with van der Waals surface area (Å²) < 4.78 is 37.6. The number of nitrogen functional groups attached to an aromatic ring is 1. The zero-order chi connectivity index (χ0) is 22.7. The van der Waals surface area contributed by atoms with Crippen LogP contribution in [-0.4, -0.2) is 0 Å². The minimum Gasteiger partial charge on any atom is -0.399 e. The molecule has 0 bridgehead atoms. The van der Waals surface area contributed by atoms with Gasteiger partial charge in [0.25, 0.3) is 0 Å². The maximum Gasteiger partial charge on any atom is 0.141 e. The standard InChI is InChI=1S/2C8H6FN.C7H5FN2/c2*1-6-2-3-8(9)7(4-6)5-10;8-7-2-1-6(10)3-5(7)4-9/h2*2-4H,1H3;1-3H,10H2. The molecule has 4 nitrogen and oxygen atoms in total. The van der Waals surface area contributed by atoms with Gasteiger partial charge >= 0.3 is 0 Å². The van der Waals surface area contributed by atoms with Gasteiger partial charge in [0.05, 0.1) is 16.7 Å². The van der Waals surface area contributed by atoms with Crippen LogP contribution in [0.25, 0.3) is 0 Å². The second-order valence-electron chi connectivity index (χ2n) is 6.04. The van der Waals surface area contributed by atoms with Crippen molar-refractivity contribution in [1.29, 1.82) is 15.8 Å². The van der Waals surface area contributed by atoms with E-state index in [1.165, 1.54) is 42.5 Å². The fourth-order valence-electron chi connectivity index (χ4n) is 2.08. The Morgan fingerprint density at radius 1 is 0.600 bits per heavy atom. The predicted octanol–water partition coefficient (Wildman–Crippen LogP) is 5.29. The molecule has 0 aliphatic carbocycles. The van der Waals surface area contributed by atoms with Crippen LogP contribution in [0.1, 0.15) is 27.8 Å². The van der Waals surface area contributed by atoms with Crippen molar-refractivity contribution in [2.75, 3.05) is 5.73 Å². The highest BCUT2D eigenvalue weighted by atomic mass is 19.1. The monoisotopic (exact) mass is 406 g/mol. The Kier molecular flexibility index (Phi) is 9.14. The summed E-state index contributed by atoms with van der Waals surface area (Å²) in [5.41, 5.74) is 7.70. The largest absolute Gasteiger partial charge is 0.399 e. The molecule has 0 aromatic heterocycles. The van der Waals surface area contributed by atoms with Gasteiger partial charge in [-0.1, -0.05) is 12.1 Å². The van der Waals surface area contributed by atoms with Crippen molar-refractivity contribution in [2.45, 2.75) is 13.8 Å². The Morgan fingerprint density at radius 2 is 0.933 bits per heavy atom. The first-order chi connectivity index (χ1) is 14.2. The number of rotatable bonds is 0. The van der Waals surface area contributed by atoms with Gasteiger partial charge in [-0.15, -0.1) is 0 Å². The number of nitriles is 3. The summed E-state index contributed by atoms with van der Waals surface area (Å²) in [6.07, 6.45) is 0. The summed E-state index contributed by atoms with van der Waals surface area (Å²) >= 11 is 0.